The zero-order chi connectivity index (χ0) is 57.8. The lowest BCUT2D eigenvalue weighted by atomic mass is 9.79. The Morgan fingerprint density at radius 3 is 1.20 bits per heavy atom. The van der Waals surface area contributed by atoms with Crippen molar-refractivity contribution in [2.24, 2.45) is 0 Å². The van der Waals surface area contributed by atoms with Gasteiger partial charge in [0.05, 0.1) is 45.1 Å². The molecule has 12 rings (SSSR count). The van der Waals surface area contributed by atoms with Gasteiger partial charge in [0.15, 0.2) is 17.5 Å². The molecule has 0 unspecified atom stereocenters. The summed E-state index contributed by atoms with van der Waals surface area (Å²) < 4.78 is 4.82. The fourth-order valence-corrected chi connectivity index (χ4v) is 11.7. The van der Waals surface area contributed by atoms with Gasteiger partial charge in [-0.1, -0.05) is 179 Å². The van der Waals surface area contributed by atoms with Gasteiger partial charge in [-0.15, -0.1) is 0 Å². The Morgan fingerprint density at radius 1 is 0.329 bits per heavy atom. The van der Waals surface area contributed by atoms with E-state index in [1.54, 1.807) is 0 Å². The molecule has 0 radical (unpaired) electrons. The number of rotatable bonds is 7. The minimum atomic E-state index is -0.148. The summed E-state index contributed by atoms with van der Waals surface area (Å²) in [5, 5.41) is 14.9. The van der Waals surface area contributed by atoms with E-state index in [1.165, 1.54) is 54.9 Å². The summed E-state index contributed by atoms with van der Waals surface area (Å²) >= 11 is 0. The summed E-state index contributed by atoms with van der Waals surface area (Å²) in [5.41, 5.74) is 20.4. The topological polar surface area (TPSA) is 72.3 Å². The predicted octanol–water partition coefficient (Wildman–Crippen LogP) is 20.1. The number of hydrogen-bond acceptors (Lipinski definition) is 4. The molecule has 12 aromatic rings. The lowest BCUT2D eigenvalue weighted by Gasteiger charge is -2.26. The summed E-state index contributed by atoms with van der Waals surface area (Å²) in [6.45, 7) is 31.7. The third-order valence-electron chi connectivity index (χ3n) is 16.5. The van der Waals surface area contributed by atoms with Gasteiger partial charge in [-0.05, 0) is 172 Å². The second kappa shape index (κ2) is 19.7. The van der Waals surface area contributed by atoms with E-state index in [4.69, 9.17) is 15.0 Å². The number of nitriles is 1. The Morgan fingerprint density at radius 2 is 0.732 bits per heavy atom. The lowest BCUT2D eigenvalue weighted by Crippen LogP contribution is -2.17. The molecule has 406 valence electrons. The SMILES string of the molecule is Cc1ccc2c(c1)c1ccccc1n2-c1ccc(-c2cccc(C#N)c2)cc1-c1ccc(-n2c3ccccc3c3cc(C)ccc32)c(-c2nc(-c3cc(C(C)(C)C)cc(C(C)(C)C)c3)nc(-c3cc(C(C)(C)C)cc(C(C)(C)C)c3)n2)c1. The van der Waals surface area contributed by atoms with Gasteiger partial charge < -0.3 is 9.13 Å². The molecule has 0 aliphatic heterocycles. The molecule has 9 aromatic carbocycles. The van der Waals surface area contributed by atoms with Crippen molar-refractivity contribution in [3.05, 3.63) is 221 Å². The standard InChI is InChI=1S/C76H72N6/c1-46-26-30-67-61(34-46)58-22-15-17-24-64(58)81(67)66-32-28-50(49-21-19-20-48(36-49)45-77)41-60(66)51-29-33-69(82-65-25-18-16-23-59(65)62-35-47(2)27-31-68(62)82)63(42-51)72-79-70(52-37-54(73(3,4)5)43-55(38-52)74(6,7)8)78-71(80-72)53-39-56(75(9,10)11)44-57(40-53)76(12,13)14/h15-44H,1-14H3. The number of nitrogens with zero attached hydrogens (tertiary/aromatic N) is 6. The third-order valence-corrected chi connectivity index (χ3v) is 16.5. The van der Waals surface area contributed by atoms with E-state index in [2.05, 4.69) is 276 Å². The van der Waals surface area contributed by atoms with Gasteiger partial charge >= 0.3 is 0 Å². The monoisotopic (exact) mass is 1070 g/mol. The second-order valence-electron chi connectivity index (χ2n) is 26.8. The molecule has 0 fully saturated rings. The van der Waals surface area contributed by atoms with Gasteiger partial charge in [-0.2, -0.15) is 5.26 Å². The van der Waals surface area contributed by atoms with Crippen LogP contribution in [0.3, 0.4) is 0 Å². The first kappa shape index (κ1) is 53.7. The molecule has 0 saturated heterocycles. The number of para-hydroxylation sites is 2. The number of aryl methyl sites for hydroxylation is 2. The number of aromatic nitrogens is 5. The zero-order valence-electron chi connectivity index (χ0n) is 50.0. The molecular formula is C76H72N6. The Kier molecular flexibility index (Phi) is 12.9. The molecule has 0 amide bonds. The molecule has 0 saturated carbocycles. The van der Waals surface area contributed by atoms with Gasteiger partial charge in [-0.3, -0.25) is 0 Å². The number of fused-ring (bicyclic) bond motifs is 6. The first-order valence-corrected chi connectivity index (χ1v) is 28.8. The van der Waals surface area contributed by atoms with Gasteiger partial charge in [0.25, 0.3) is 0 Å². The maximum Gasteiger partial charge on any atom is 0.166 e. The highest BCUT2D eigenvalue weighted by Crippen LogP contribution is 2.44. The average Bonchev–Trinajstić information content (AvgIpc) is 4.18. The molecule has 0 spiro atoms. The van der Waals surface area contributed by atoms with E-state index in [0.29, 0.717) is 23.0 Å². The molecule has 0 aliphatic carbocycles. The van der Waals surface area contributed by atoms with Crippen LogP contribution in [0.15, 0.2) is 182 Å². The Bertz CT molecular complexity index is 4420. The lowest BCUT2D eigenvalue weighted by molar-refractivity contribution is 0.568. The third kappa shape index (κ3) is 9.76. The molecule has 3 heterocycles. The summed E-state index contributed by atoms with van der Waals surface area (Å²) in [6.07, 6.45) is 0. The quantitative estimate of drug-likeness (QED) is 0.159. The largest absolute Gasteiger partial charge is 0.309 e. The molecule has 0 N–H and O–H groups in total. The van der Waals surface area contributed by atoms with Crippen molar-refractivity contribution in [1.29, 1.82) is 5.26 Å². The van der Waals surface area contributed by atoms with E-state index in [0.717, 1.165) is 72.4 Å². The van der Waals surface area contributed by atoms with E-state index < -0.39 is 0 Å². The summed E-state index contributed by atoms with van der Waals surface area (Å²) in [6, 6.07) is 68.8. The molecule has 6 heteroatoms. The highest BCUT2D eigenvalue weighted by molar-refractivity contribution is 6.11. The predicted molar refractivity (Wildman–Crippen MR) is 345 cm³/mol. The van der Waals surface area contributed by atoms with E-state index in [9.17, 15) is 5.26 Å². The van der Waals surface area contributed by atoms with E-state index >= 15 is 0 Å². The smallest absolute Gasteiger partial charge is 0.166 e. The van der Waals surface area contributed by atoms with Crippen LogP contribution in [-0.4, -0.2) is 24.1 Å². The van der Waals surface area contributed by atoms with Crippen LogP contribution in [0, 0.1) is 25.2 Å². The van der Waals surface area contributed by atoms with E-state index in [1.807, 2.05) is 18.2 Å². The minimum Gasteiger partial charge on any atom is -0.309 e. The Balaban J connectivity index is 1.23. The number of benzene rings is 9. The van der Waals surface area contributed by atoms with Crippen molar-refractivity contribution in [1.82, 2.24) is 24.1 Å². The molecule has 0 atom stereocenters. The molecule has 3 aromatic heterocycles. The van der Waals surface area contributed by atoms with Crippen LogP contribution in [0.4, 0.5) is 0 Å². The van der Waals surface area contributed by atoms with Gasteiger partial charge in [0.2, 0.25) is 0 Å². The molecule has 0 bridgehead atoms. The van der Waals surface area contributed by atoms with Crippen LogP contribution in [0.5, 0.6) is 0 Å². The highest BCUT2D eigenvalue weighted by Gasteiger charge is 2.28. The maximum atomic E-state index is 10.1. The summed E-state index contributed by atoms with van der Waals surface area (Å²) in [7, 11) is 0. The first-order chi connectivity index (χ1) is 38.9. The van der Waals surface area contributed by atoms with Gasteiger partial charge in [0.1, 0.15) is 0 Å². The zero-order valence-corrected chi connectivity index (χ0v) is 50.0. The van der Waals surface area contributed by atoms with Crippen molar-refractivity contribution in [2.75, 3.05) is 0 Å². The van der Waals surface area contributed by atoms with Crippen molar-refractivity contribution in [2.45, 2.75) is 119 Å². The minimum absolute atomic E-state index is 0.148. The normalized spacial score (nSPS) is 12.5. The van der Waals surface area contributed by atoms with Crippen LogP contribution < -0.4 is 0 Å². The van der Waals surface area contributed by atoms with Crippen molar-refractivity contribution < 1.29 is 0 Å². The van der Waals surface area contributed by atoms with Crippen LogP contribution in [0.1, 0.15) is 122 Å². The van der Waals surface area contributed by atoms with Crippen molar-refractivity contribution >= 4 is 43.6 Å². The molecule has 6 nitrogen and oxygen atoms in total. The van der Waals surface area contributed by atoms with Crippen LogP contribution in [0.2, 0.25) is 0 Å². The average molecular weight is 1070 g/mol. The fraction of sp³-hybridized carbons (Fsp3) is 0.237. The molecular weight excluding hydrogens is 997 g/mol. The summed E-state index contributed by atoms with van der Waals surface area (Å²) in [4.78, 5) is 17.1. The highest BCUT2D eigenvalue weighted by atomic mass is 15.1. The van der Waals surface area contributed by atoms with Crippen LogP contribution >= 0.6 is 0 Å². The number of hydrogen-bond donors (Lipinski definition) is 0. The second-order valence-corrected chi connectivity index (χ2v) is 26.8. The van der Waals surface area contributed by atoms with Crippen molar-refractivity contribution in [3.8, 4) is 73.9 Å². The first-order valence-electron chi connectivity index (χ1n) is 28.8. The maximum absolute atomic E-state index is 10.1. The van der Waals surface area contributed by atoms with Gasteiger partial charge in [-0.25, -0.2) is 15.0 Å². The van der Waals surface area contributed by atoms with Crippen LogP contribution in [0.25, 0.3) is 111 Å². The van der Waals surface area contributed by atoms with Crippen molar-refractivity contribution in [3.63, 3.8) is 0 Å². The molecule has 0 aliphatic rings. The Labute approximate surface area is 483 Å². The Hall–Kier alpha value is -8.92. The summed E-state index contributed by atoms with van der Waals surface area (Å²) in [5.74, 6) is 1.80. The fourth-order valence-electron chi connectivity index (χ4n) is 11.7. The molecule has 82 heavy (non-hydrogen) atoms. The van der Waals surface area contributed by atoms with E-state index in [-0.39, 0.29) is 21.7 Å². The van der Waals surface area contributed by atoms with Gasteiger partial charge in [0, 0.05) is 43.8 Å². The van der Waals surface area contributed by atoms with Crippen LogP contribution in [-0.2, 0) is 21.7 Å².